The normalized spacial score (nSPS) is 14.4. The van der Waals surface area contributed by atoms with Crippen LogP contribution in [0, 0.1) is 23.3 Å². The van der Waals surface area contributed by atoms with Crippen molar-refractivity contribution in [3.63, 3.8) is 0 Å². The monoisotopic (exact) mass is 490 g/mol. The Morgan fingerprint density at radius 1 is 0.778 bits per heavy atom. The van der Waals surface area contributed by atoms with Crippen LogP contribution in [-0.2, 0) is 4.74 Å². The molecule has 36 heavy (non-hydrogen) atoms. The van der Waals surface area contributed by atoms with Gasteiger partial charge in [-0.25, -0.2) is 22.4 Å². The van der Waals surface area contributed by atoms with Gasteiger partial charge in [0.2, 0.25) is 0 Å². The van der Waals surface area contributed by atoms with E-state index >= 15 is 0 Å². The van der Waals surface area contributed by atoms with Crippen molar-refractivity contribution in [2.24, 2.45) is 0 Å². The van der Waals surface area contributed by atoms with Crippen molar-refractivity contribution in [1.29, 1.82) is 0 Å². The van der Waals surface area contributed by atoms with Crippen LogP contribution in [0.3, 0.4) is 0 Å². The number of hydrogen-bond acceptors (Lipinski definition) is 3. The third-order valence-corrected chi connectivity index (χ3v) is 5.93. The molecule has 180 valence electrons. The van der Waals surface area contributed by atoms with Gasteiger partial charge in [-0.05, 0) is 34.9 Å². The number of carbonyl (C=O) groups excluding carboxylic acids is 1. The third-order valence-electron chi connectivity index (χ3n) is 5.93. The molecule has 1 saturated heterocycles. The summed E-state index contributed by atoms with van der Waals surface area (Å²) in [6, 6.07) is 17.6. The first-order valence-electron chi connectivity index (χ1n) is 11.0. The molecule has 0 bridgehead atoms. The first-order chi connectivity index (χ1) is 17.4. The maximum Gasteiger partial charge on any atom is 0.346 e. The smallest absolute Gasteiger partial charge is 0.346 e. The number of epoxide rings is 1. The molecule has 0 saturated carbocycles. The molecular weight excluding hydrogens is 472 g/mol. The second kappa shape index (κ2) is 9.43. The molecule has 0 aliphatic carbocycles. The molecule has 0 aromatic heterocycles. The van der Waals surface area contributed by atoms with E-state index in [1.807, 2.05) is 0 Å². The highest BCUT2D eigenvalue weighted by atomic mass is 19.2. The number of halogens is 4. The van der Waals surface area contributed by atoms with Crippen molar-refractivity contribution in [3.05, 3.63) is 119 Å². The number of benzene rings is 4. The minimum atomic E-state index is -1.33. The minimum absolute atomic E-state index is 0.00228. The lowest BCUT2D eigenvalue weighted by Crippen LogP contribution is -2.12. The van der Waals surface area contributed by atoms with E-state index in [1.54, 1.807) is 30.3 Å². The lowest BCUT2D eigenvalue weighted by Gasteiger charge is -2.10. The Morgan fingerprint density at radius 3 is 1.92 bits per heavy atom. The lowest BCUT2D eigenvalue weighted by atomic mass is 10.0. The summed E-state index contributed by atoms with van der Waals surface area (Å²) in [4.78, 5) is 12.5. The van der Waals surface area contributed by atoms with E-state index in [-0.39, 0.29) is 22.4 Å². The third kappa shape index (κ3) is 4.41. The summed E-state index contributed by atoms with van der Waals surface area (Å²) >= 11 is 0. The highest BCUT2D eigenvalue weighted by molar-refractivity contribution is 5.92. The summed E-state index contributed by atoms with van der Waals surface area (Å²) in [5, 5.41) is 0. The maximum atomic E-state index is 14.7. The second-order valence-electron chi connectivity index (χ2n) is 8.18. The highest BCUT2D eigenvalue weighted by Gasteiger charge is 2.30. The fraction of sp³-hybridized carbons (Fsp3) is 0.0690. The van der Waals surface area contributed by atoms with E-state index in [4.69, 9.17) is 9.47 Å². The molecule has 4 aromatic rings. The van der Waals surface area contributed by atoms with E-state index in [9.17, 15) is 22.4 Å². The largest absolute Gasteiger partial charge is 0.423 e. The van der Waals surface area contributed by atoms with E-state index in [0.717, 1.165) is 11.6 Å². The molecule has 0 spiro atoms. The van der Waals surface area contributed by atoms with E-state index in [2.05, 4.69) is 6.58 Å². The van der Waals surface area contributed by atoms with Gasteiger partial charge in [0.05, 0.1) is 12.2 Å². The molecule has 1 atom stereocenters. The van der Waals surface area contributed by atoms with Gasteiger partial charge in [-0.3, -0.25) is 0 Å². The molecule has 0 radical (unpaired) electrons. The fourth-order valence-corrected chi connectivity index (χ4v) is 3.86. The molecule has 7 heteroatoms. The first-order valence-corrected chi connectivity index (χ1v) is 11.0. The molecule has 3 nitrogen and oxygen atoms in total. The lowest BCUT2D eigenvalue weighted by molar-refractivity contribution is 0.0728. The van der Waals surface area contributed by atoms with Gasteiger partial charge >= 0.3 is 5.97 Å². The van der Waals surface area contributed by atoms with Gasteiger partial charge < -0.3 is 9.47 Å². The number of ether oxygens (including phenoxy) is 2. The maximum absolute atomic E-state index is 14.7. The number of hydrogen-bond donors (Lipinski definition) is 0. The van der Waals surface area contributed by atoms with Crippen LogP contribution in [0.15, 0.2) is 79.4 Å². The van der Waals surface area contributed by atoms with Crippen LogP contribution in [0.1, 0.15) is 27.6 Å². The molecule has 1 unspecified atom stereocenters. The van der Waals surface area contributed by atoms with Gasteiger partial charge in [-0.1, -0.05) is 67.3 Å². The Morgan fingerprint density at radius 2 is 1.33 bits per heavy atom. The Labute approximate surface area is 204 Å². The average molecular weight is 490 g/mol. The molecule has 4 aromatic carbocycles. The van der Waals surface area contributed by atoms with E-state index in [1.165, 1.54) is 42.5 Å². The molecule has 1 aliphatic rings. The zero-order valence-electron chi connectivity index (χ0n) is 18.7. The predicted molar refractivity (Wildman–Crippen MR) is 127 cm³/mol. The van der Waals surface area contributed by atoms with Crippen molar-refractivity contribution < 1.29 is 31.8 Å². The van der Waals surface area contributed by atoms with Crippen LogP contribution in [0.5, 0.6) is 5.75 Å². The van der Waals surface area contributed by atoms with Crippen molar-refractivity contribution in [2.45, 2.75) is 6.10 Å². The Kier molecular flexibility index (Phi) is 6.16. The molecule has 1 aliphatic heterocycles. The highest BCUT2D eigenvalue weighted by Crippen LogP contribution is 2.36. The summed E-state index contributed by atoms with van der Waals surface area (Å²) in [5.74, 6) is -5.56. The second-order valence-corrected chi connectivity index (χ2v) is 8.18. The van der Waals surface area contributed by atoms with Crippen LogP contribution < -0.4 is 4.74 Å². The summed E-state index contributed by atoms with van der Waals surface area (Å²) in [7, 11) is 0. The summed E-state index contributed by atoms with van der Waals surface area (Å²) in [6.45, 7) is 4.00. The molecule has 5 rings (SSSR count). The SMILES string of the molecule is C=Cc1ccc(-c2ccc(C(=O)Oc3ccc(-c4ccc(C5CO5)c(F)c4F)cc3)c(F)c2F)cc1. The van der Waals surface area contributed by atoms with Gasteiger partial charge in [0.15, 0.2) is 23.3 Å². The number of esters is 1. The van der Waals surface area contributed by atoms with Crippen LogP contribution in [0.25, 0.3) is 28.3 Å². The molecular formula is C29H18F4O3. The molecule has 1 heterocycles. The van der Waals surface area contributed by atoms with Gasteiger partial charge in [0.1, 0.15) is 11.9 Å². The fourth-order valence-electron chi connectivity index (χ4n) is 3.86. The van der Waals surface area contributed by atoms with Gasteiger partial charge in [0, 0.05) is 16.7 Å². The number of rotatable bonds is 6. The Hall–Kier alpha value is -4.23. The zero-order chi connectivity index (χ0) is 25.4. The van der Waals surface area contributed by atoms with Crippen LogP contribution in [0.4, 0.5) is 17.6 Å². The first kappa shape index (κ1) is 23.5. The Bertz CT molecular complexity index is 1470. The summed E-state index contributed by atoms with van der Waals surface area (Å²) in [5.41, 5.74) is 1.22. The molecule has 0 N–H and O–H groups in total. The predicted octanol–water partition coefficient (Wildman–Crippen LogP) is 7.51. The van der Waals surface area contributed by atoms with Crippen molar-refractivity contribution in [1.82, 2.24) is 0 Å². The van der Waals surface area contributed by atoms with Crippen molar-refractivity contribution in [3.8, 4) is 28.0 Å². The Balaban J connectivity index is 1.34. The zero-order valence-corrected chi connectivity index (χ0v) is 18.7. The van der Waals surface area contributed by atoms with Crippen molar-refractivity contribution >= 4 is 12.0 Å². The van der Waals surface area contributed by atoms with Gasteiger partial charge in [0.25, 0.3) is 0 Å². The number of carbonyl (C=O) groups is 1. The topological polar surface area (TPSA) is 38.8 Å². The van der Waals surface area contributed by atoms with Gasteiger partial charge in [-0.2, -0.15) is 0 Å². The molecule has 1 fully saturated rings. The van der Waals surface area contributed by atoms with Crippen LogP contribution in [-0.4, -0.2) is 12.6 Å². The van der Waals surface area contributed by atoms with Gasteiger partial charge in [-0.15, -0.1) is 0 Å². The van der Waals surface area contributed by atoms with Crippen molar-refractivity contribution in [2.75, 3.05) is 6.61 Å². The average Bonchev–Trinajstić information content (AvgIpc) is 3.73. The standard InChI is InChI=1S/C29H18F4O3/c1-2-16-3-5-17(6-4-16)21-12-14-23(28(33)26(21)31)29(34)36-19-9-7-18(8-10-19)20-11-13-22(24-15-35-24)27(32)25(20)30/h2-14,24H,1,15H2. The summed E-state index contributed by atoms with van der Waals surface area (Å²) in [6.07, 6.45) is 1.20. The molecule has 0 amide bonds. The van der Waals surface area contributed by atoms with E-state index < -0.39 is 40.9 Å². The summed E-state index contributed by atoms with van der Waals surface area (Å²) < 4.78 is 68.5. The quantitative estimate of drug-likeness (QED) is 0.122. The minimum Gasteiger partial charge on any atom is -0.423 e. The van der Waals surface area contributed by atoms with E-state index in [0.29, 0.717) is 17.7 Å². The van der Waals surface area contributed by atoms with Crippen LogP contribution in [0.2, 0.25) is 0 Å². The van der Waals surface area contributed by atoms with Crippen LogP contribution >= 0.6 is 0 Å².